The van der Waals surface area contributed by atoms with Gasteiger partial charge in [-0.3, -0.25) is 0 Å². The lowest BCUT2D eigenvalue weighted by Gasteiger charge is -2.22. The highest BCUT2D eigenvalue weighted by molar-refractivity contribution is 5.67. The maximum absolute atomic E-state index is 11.7. The lowest BCUT2D eigenvalue weighted by Crippen LogP contribution is -2.31. The zero-order chi connectivity index (χ0) is 15.6. The molecule has 1 saturated heterocycles. The van der Waals surface area contributed by atoms with Gasteiger partial charge in [-0.2, -0.15) is 0 Å². The van der Waals surface area contributed by atoms with Gasteiger partial charge in [0.05, 0.1) is 13.2 Å². The largest absolute Gasteiger partial charge is 0.445 e. The summed E-state index contributed by atoms with van der Waals surface area (Å²) in [6.07, 6.45) is 4.91. The number of hydrogen-bond acceptors (Lipinski definition) is 4. The Morgan fingerprint density at radius 3 is 2.82 bits per heavy atom. The van der Waals surface area contributed by atoms with Crippen molar-refractivity contribution in [2.24, 2.45) is 0 Å². The molecule has 1 fully saturated rings. The Hall–Kier alpha value is -1.85. The minimum Gasteiger partial charge on any atom is -0.445 e. The van der Waals surface area contributed by atoms with E-state index >= 15 is 0 Å². The van der Waals surface area contributed by atoms with Gasteiger partial charge in [-0.05, 0) is 18.9 Å². The Labute approximate surface area is 131 Å². The molecule has 120 valence electrons. The van der Waals surface area contributed by atoms with Gasteiger partial charge in [0.2, 0.25) is 0 Å². The lowest BCUT2D eigenvalue weighted by molar-refractivity contribution is -0.175. The first-order valence-corrected chi connectivity index (χ1v) is 7.61. The van der Waals surface area contributed by atoms with Crippen molar-refractivity contribution in [3.63, 3.8) is 0 Å². The zero-order valence-corrected chi connectivity index (χ0v) is 12.9. The maximum atomic E-state index is 11.7. The average molecular weight is 305 g/mol. The number of hydrogen-bond donors (Lipinski definition) is 1. The molecule has 1 aromatic rings. The smallest absolute Gasteiger partial charge is 0.407 e. The van der Waals surface area contributed by atoms with Crippen LogP contribution in [0.2, 0.25) is 0 Å². The molecule has 0 unspecified atom stereocenters. The minimum atomic E-state index is -0.425. The molecule has 22 heavy (non-hydrogen) atoms. The fourth-order valence-corrected chi connectivity index (χ4v) is 2.07. The number of carbonyl (C=O) groups excluding carboxylic acids is 1. The number of nitrogens with one attached hydrogen (secondary N) is 1. The second kappa shape index (κ2) is 9.23. The summed E-state index contributed by atoms with van der Waals surface area (Å²) in [4.78, 5) is 11.7. The van der Waals surface area contributed by atoms with Gasteiger partial charge in [0.1, 0.15) is 6.61 Å². The van der Waals surface area contributed by atoms with Crippen LogP contribution in [0.25, 0.3) is 0 Å². The molecule has 1 atom stereocenters. The van der Waals surface area contributed by atoms with E-state index in [2.05, 4.69) is 5.32 Å². The molecule has 0 aliphatic carbocycles. The Morgan fingerprint density at radius 2 is 2.09 bits per heavy atom. The molecule has 5 heteroatoms. The van der Waals surface area contributed by atoms with E-state index in [0.29, 0.717) is 6.42 Å². The summed E-state index contributed by atoms with van der Waals surface area (Å²) in [5, 5.41) is 2.76. The van der Waals surface area contributed by atoms with Crippen LogP contribution in [0.5, 0.6) is 0 Å². The third-order valence-corrected chi connectivity index (χ3v) is 3.21. The van der Waals surface area contributed by atoms with Crippen molar-refractivity contribution in [1.29, 1.82) is 0 Å². The topological polar surface area (TPSA) is 56.8 Å². The summed E-state index contributed by atoms with van der Waals surface area (Å²) in [6, 6.07) is 9.49. The highest BCUT2D eigenvalue weighted by atomic mass is 16.7. The Kier molecular flexibility index (Phi) is 6.93. The van der Waals surface area contributed by atoms with Crippen LogP contribution >= 0.6 is 0 Å². The zero-order valence-electron chi connectivity index (χ0n) is 12.9. The molecular weight excluding hydrogens is 282 g/mol. The van der Waals surface area contributed by atoms with E-state index in [-0.39, 0.29) is 18.9 Å². The van der Waals surface area contributed by atoms with Crippen LogP contribution in [0.4, 0.5) is 4.79 Å². The van der Waals surface area contributed by atoms with Crippen LogP contribution in [-0.4, -0.2) is 31.6 Å². The molecule has 1 aromatic carbocycles. The van der Waals surface area contributed by atoms with Crippen LogP contribution in [-0.2, 0) is 20.8 Å². The van der Waals surface area contributed by atoms with Crippen molar-refractivity contribution < 1.29 is 19.0 Å². The predicted octanol–water partition coefficient (Wildman–Crippen LogP) is 3.01. The van der Waals surface area contributed by atoms with Gasteiger partial charge in [-0.25, -0.2) is 4.79 Å². The van der Waals surface area contributed by atoms with Crippen molar-refractivity contribution in [3.8, 4) is 0 Å². The number of ether oxygens (including phenoxy) is 3. The summed E-state index contributed by atoms with van der Waals surface area (Å²) < 4.78 is 16.0. The second-order valence-corrected chi connectivity index (χ2v) is 5.18. The van der Waals surface area contributed by atoms with Crippen LogP contribution in [0.3, 0.4) is 0 Å². The van der Waals surface area contributed by atoms with E-state index in [1.165, 1.54) is 0 Å². The Balaban J connectivity index is 1.63. The normalized spacial score (nSPS) is 17.3. The molecule has 0 saturated carbocycles. The number of carbonyl (C=O) groups is 1. The van der Waals surface area contributed by atoms with Crippen LogP contribution in [0.1, 0.15) is 25.3 Å². The molecule has 5 nitrogen and oxygen atoms in total. The van der Waals surface area contributed by atoms with Gasteiger partial charge in [0.25, 0.3) is 0 Å². The van der Waals surface area contributed by atoms with Gasteiger partial charge in [0, 0.05) is 12.5 Å². The molecule has 2 rings (SSSR count). The van der Waals surface area contributed by atoms with Crippen molar-refractivity contribution in [3.05, 3.63) is 48.0 Å². The van der Waals surface area contributed by atoms with Crippen LogP contribution in [0, 0.1) is 0 Å². The van der Waals surface area contributed by atoms with Gasteiger partial charge >= 0.3 is 6.09 Å². The number of alkyl carbamates (subject to hydrolysis) is 1. The third-order valence-electron chi connectivity index (χ3n) is 3.21. The summed E-state index contributed by atoms with van der Waals surface area (Å²) >= 11 is 0. The fourth-order valence-electron chi connectivity index (χ4n) is 2.07. The Bertz CT molecular complexity index is 469. The lowest BCUT2D eigenvalue weighted by atomic mass is 10.2. The van der Waals surface area contributed by atoms with Gasteiger partial charge in [-0.1, -0.05) is 42.5 Å². The summed E-state index contributed by atoms with van der Waals surface area (Å²) in [7, 11) is 0. The van der Waals surface area contributed by atoms with E-state index < -0.39 is 6.09 Å². The molecular formula is C17H23NO4. The van der Waals surface area contributed by atoms with E-state index in [1.54, 1.807) is 0 Å². The Morgan fingerprint density at radius 1 is 1.36 bits per heavy atom. The van der Waals surface area contributed by atoms with E-state index in [9.17, 15) is 4.79 Å². The van der Waals surface area contributed by atoms with Gasteiger partial charge in [0.15, 0.2) is 6.29 Å². The molecule has 1 heterocycles. The predicted molar refractivity (Wildman–Crippen MR) is 83.3 cm³/mol. The first kappa shape index (κ1) is 16.5. The quantitative estimate of drug-likeness (QED) is 0.821. The third kappa shape index (κ3) is 6.28. The first-order chi connectivity index (χ1) is 10.7. The molecule has 1 N–H and O–H groups in total. The summed E-state index contributed by atoms with van der Waals surface area (Å²) in [5.74, 6) is 0. The number of benzene rings is 1. The summed E-state index contributed by atoms with van der Waals surface area (Å²) in [5.41, 5.74) is 0.965. The molecule has 0 spiro atoms. The molecule has 1 aliphatic rings. The average Bonchev–Trinajstić information content (AvgIpc) is 2.55. The van der Waals surface area contributed by atoms with Crippen LogP contribution < -0.4 is 5.32 Å². The van der Waals surface area contributed by atoms with Crippen molar-refractivity contribution >= 4 is 6.09 Å². The number of rotatable bonds is 6. The van der Waals surface area contributed by atoms with Crippen molar-refractivity contribution in [2.75, 3.05) is 13.2 Å². The van der Waals surface area contributed by atoms with E-state index in [1.807, 2.05) is 49.4 Å². The van der Waals surface area contributed by atoms with Crippen molar-refractivity contribution in [2.45, 2.75) is 38.7 Å². The molecule has 0 aromatic heterocycles. The minimum absolute atomic E-state index is 0.105. The summed E-state index contributed by atoms with van der Waals surface area (Å²) in [6.45, 7) is 3.66. The van der Waals surface area contributed by atoms with Crippen molar-refractivity contribution in [1.82, 2.24) is 5.32 Å². The molecule has 0 bridgehead atoms. The standard InChI is InChI=1S/C17H23NO4/c1-14(7-5-10-16-20-11-6-12-21-16)18-17(19)22-13-15-8-3-2-4-9-15/h2-5,7-9,14,16H,6,10-13H2,1H3,(H,18,19)/b7-5-/t14-/m0/s1. The highest BCUT2D eigenvalue weighted by Crippen LogP contribution is 2.09. The second-order valence-electron chi connectivity index (χ2n) is 5.18. The molecule has 0 radical (unpaired) electrons. The highest BCUT2D eigenvalue weighted by Gasteiger charge is 2.12. The van der Waals surface area contributed by atoms with Gasteiger partial charge < -0.3 is 19.5 Å². The maximum Gasteiger partial charge on any atom is 0.407 e. The molecule has 1 amide bonds. The van der Waals surface area contributed by atoms with E-state index in [0.717, 1.165) is 25.2 Å². The van der Waals surface area contributed by atoms with E-state index in [4.69, 9.17) is 14.2 Å². The fraction of sp³-hybridized carbons (Fsp3) is 0.471. The first-order valence-electron chi connectivity index (χ1n) is 7.61. The van der Waals surface area contributed by atoms with Gasteiger partial charge in [-0.15, -0.1) is 0 Å². The van der Waals surface area contributed by atoms with Crippen LogP contribution in [0.15, 0.2) is 42.5 Å². The monoisotopic (exact) mass is 305 g/mol. The SMILES string of the molecule is C[C@@H](/C=C\CC1OCCCO1)NC(=O)OCc1ccccc1. The molecule has 1 aliphatic heterocycles. The number of amides is 1.